The van der Waals surface area contributed by atoms with Crippen molar-refractivity contribution in [2.75, 3.05) is 14.2 Å². The summed E-state index contributed by atoms with van der Waals surface area (Å²) in [5.41, 5.74) is 0.0961. The largest absolute Gasteiger partial charge is 0.493 e. The van der Waals surface area contributed by atoms with E-state index < -0.39 is 11.2 Å². The first-order valence-corrected chi connectivity index (χ1v) is 8.95. The molecule has 0 aliphatic heterocycles. The van der Waals surface area contributed by atoms with Gasteiger partial charge in [-0.3, -0.25) is 9.36 Å². The first-order valence-electron chi connectivity index (χ1n) is 8.95. The first kappa shape index (κ1) is 20.6. The molecule has 0 fully saturated rings. The van der Waals surface area contributed by atoms with Crippen molar-refractivity contribution in [1.29, 1.82) is 0 Å². The predicted molar refractivity (Wildman–Crippen MR) is 114 cm³/mol. The average Bonchev–Trinajstić information content (AvgIpc) is 3.08. The Morgan fingerprint density at radius 1 is 1.17 bits per heavy atom. The van der Waals surface area contributed by atoms with E-state index in [0.717, 1.165) is 4.57 Å². The van der Waals surface area contributed by atoms with E-state index in [-0.39, 0.29) is 24.3 Å². The first-order chi connectivity index (χ1) is 14.5. The number of imidazole rings is 1. The smallest absolute Gasteiger partial charge is 0.333 e. The highest BCUT2D eigenvalue weighted by atomic mass is 16.5. The summed E-state index contributed by atoms with van der Waals surface area (Å²) in [6, 6.07) is 5.27. The lowest BCUT2D eigenvalue weighted by molar-refractivity contribution is 0.355. The van der Waals surface area contributed by atoms with Crippen LogP contribution in [0, 0.1) is 24.2 Å². The van der Waals surface area contributed by atoms with Crippen molar-refractivity contribution in [1.82, 2.24) is 18.7 Å². The maximum atomic E-state index is 12.8. The number of hydrogen-bond acceptors (Lipinski definition) is 5. The fraction of sp³-hybridized carbons (Fsp3) is 0.227. The normalized spacial score (nSPS) is 10.2. The van der Waals surface area contributed by atoms with Gasteiger partial charge in [-0.1, -0.05) is 17.9 Å². The van der Waals surface area contributed by atoms with Gasteiger partial charge in [0.2, 0.25) is 0 Å². The average molecular weight is 404 g/mol. The van der Waals surface area contributed by atoms with E-state index in [1.807, 2.05) is 0 Å². The van der Waals surface area contributed by atoms with Crippen LogP contribution in [0.5, 0.6) is 11.5 Å². The van der Waals surface area contributed by atoms with E-state index in [9.17, 15) is 9.59 Å². The Labute approximate surface area is 173 Å². The number of terminal acetylenes is 1. The van der Waals surface area contributed by atoms with Crippen LogP contribution in [0.25, 0.3) is 11.2 Å². The molecule has 0 bridgehead atoms. The molecular weight excluding hydrogens is 384 g/mol. The molecule has 1 aromatic carbocycles. The molecule has 0 saturated heterocycles. The summed E-state index contributed by atoms with van der Waals surface area (Å²) in [5, 5.41) is 0. The molecule has 0 aliphatic carbocycles. The maximum absolute atomic E-state index is 12.8. The van der Waals surface area contributed by atoms with Crippen LogP contribution in [-0.2, 0) is 20.1 Å². The number of methoxy groups -OCH3 is 2. The van der Waals surface area contributed by atoms with Gasteiger partial charge in [0.15, 0.2) is 28.5 Å². The van der Waals surface area contributed by atoms with Crippen molar-refractivity contribution >= 4 is 11.2 Å². The summed E-state index contributed by atoms with van der Waals surface area (Å²) in [6.07, 6.45) is 6.87. The third-order valence-corrected chi connectivity index (χ3v) is 4.51. The van der Waals surface area contributed by atoms with E-state index >= 15 is 0 Å². The number of rotatable bonds is 5. The van der Waals surface area contributed by atoms with Crippen molar-refractivity contribution in [3.05, 3.63) is 63.1 Å². The second kappa shape index (κ2) is 8.46. The SMILES string of the molecule is C#CCn1c(=O)c2c(nc(C#Cc3ccc(OC)c(OC)c3)n2C)n(CC=C)c1=O. The molecular formula is C22H20N4O4. The standard InChI is InChI=1S/C22H20N4O4/c1-6-12-25-20-19(21(27)26(13-7-2)22(25)28)24(3)18(23-20)11-9-15-8-10-16(29-4)17(14-15)30-5/h2,6,8,10,14H,1,12-13H2,3-5H3. The third-order valence-electron chi connectivity index (χ3n) is 4.51. The van der Waals surface area contributed by atoms with E-state index in [4.69, 9.17) is 15.9 Å². The summed E-state index contributed by atoms with van der Waals surface area (Å²) in [5.74, 6) is 9.75. The number of fused-ring (bicyclic) bond motifs is 1. The van der Waals surface area contributed by atoms with Crippen LogP contribution in [0.1, 0.15) is 11.4 Å². The van der Waals surface area contributed by atoms with Crippen molar-refractivity contribution in [3.63, 3.8) is 0 Å². The minimum absolute atomic E-state index is 0.136. The Morgan fingerprint density at radius 3 is 2.53 bits per heavy atom. The highest BCUT2D eigenvalue weighted by molar-refractivity contribution is 5.72. The molecule has 3 aromatic rings. The molecule has 8 nitrogen and oxygen atoms in total. The Bertz CT molecular complexity index is 1360. The van der Waals surface area contributed by atoms with Gasteiger partial charge in [0, 0.05) is 19.2 Å². The van der Waals surface area contributed by atoms with Gasteiger partial charge in [-0.25, -0.2) is 14.3 Å². The molecule has 3 rings (SSSR count). The highest BCUT2D eigenvalue weighted by Crippen LogP contribution is 2.27. The van der Waals surface area contributed by atoms with Gasteiger partial charge in [0.1, 0.15) is 0 Å². The number of benzene rings is 1. The van der Waals surface area contributed by atoms with Crippen molar-refractivity contribution < 1.29 is 9.47 Å². The van der Waals surface area contributed by atoms with E-state index in [1.165, 1.54) is 4.57 Å². The fourth-order valence-corrected chi connectivity index (χ4v) is 3.04. The Kier molecular flexibility index (Phi) is 5.80. The van der Waals surface area contributed by atoms with Gasteiger partial charge >= 0.3 is 5.69 Å². The number of ether oxygens (including phenoxy) is 2. The number of hydrogen-bond donors (Lipinski definition) is 0. The van der Waals surface area contributed by atoms with Crippen LogP contribution >= 0.6 is 0 Å². The Balaban J connectivity index is 2.21. The summed E-state index contributed by atoms with van der Waals surface area (Å²) >= 11 is 0. The molecule has 0 radical (unpaired) electrons. The summed E-state index contributed by atoms with van der Waals surface area (Å²) in [4.78, 5) is 30.0. The van der Waals surface area contributed by atoms with Crippen molar-refractivity contribution in [2.24, 2.45) is 7.05 Å². The van der Waals surface area contributed by atoms with Crippen LogP contribution < -0.4 is 20.7 Å². The van der Waals surface area contributed by atoms with Crippen molar-refractivity contribution in [3.8, 4) is 35.7 Å². The zero-order valence-corrected chi connectivity index (χ0v) is 16.9. The highest BCUT2D eigenvalue weighted by Gasteiger charge is 2.18. The van der Waals surface area contributed by atoms with E-state index in [0.29, 0.717) is 22.9 Å². The molecule has 0 aliphatic rings. The lowest BCUT2D eigenvalue weighted by atomic mass is 10.2. The second-order valence-corrected chi connectivity index (χ2v) is 6.26. The minimum Gasteiger partial charge on any atom is -0.493 e. The molecule has 8 heteroatoms. The molecule has 2 heterocycles. The maximum Gasteiger partial charge on any atom is 0.333 e. The minimum atomic E-state index is -0.539. The predicted octanol–water partition coefficient (Wildman–Crippen LogP) is 1.13. The van der Waals surface area contributed by atoms with Gasteiger partial charge in [-0.05, 0) is 24.1 Å². The zero-order chi connectivity index (χ0) is 21.8. The molecule has 0 saturated carbocycles. The fourth-order valence-electron chi connectivity index (χ4n) is 3.04. The zero-order valence-electron chi connectivity index (χ0n) is 16.9. The lowest BCUT2D eigenvalue weighted by Gasteiger charge is -2.08. The number of nitrogens with zero attached hydrogens (tertiary/aromatic N) is 4. The van der Waals surface area contributed by atoms with Crippen molar-refractivity contribution in [2.45, 2.75) is 13.1 Å². The Morgan fingerprint density at radius 2 is 1.90 bits per heavy atom. The quantitative estimate of drug-likeness (QED) is 0.471. The number of allylic oxidation sites excluding steroid dienone is 1. The molecule has 2 aromatic heterocycles. The summed E-state index contributed by atoms with van der Waals surface area (Å²) in [7, 11) is 4.76. The topological polar surface area (TPSA) is 80.3 Å². The number of aromatic nitrogens is 4. The summed E-state index contributed by atoms with van der Waals surface area (Å²) in [6.45, 7) is 3.71. The van der Waals surface area contributed by atoms with E-state index in [1.54, 1.807) is 50.1 Å². The van der Waals surface area contributed by atoms with Crippen LogP contribution in [-0.4, -0.2) is 32.9 Å². The summed E-state index contributed by atoms with van der Waals surface area (Å²) < 4.78 is 14.4. The van der Waals surface area contributed by atoms with Gasteiger partial charge < -0.3 is 14.0 Å². The number of aryl methyl sites for hydroxylation is 1. The van der Waals surface area contributed by atoms with Gasteiger partial charge in [0.25, 0.3) is 5.56 Å². The van der Waals surface area contributed by atoms with Crippen LogP contribution in [0.4, 0.5) is 0 Å². The van der Waals surface area contributed by atoms with Gasteiger partial charge in [-0.2, -0.15) is 0 Å². The Hall–Kier alpha value is -4.17. The lowest BCUT2D eigenvalue weighted by Crippen LogP contribution is -2.40. The van der Waals surface area contributed by atoms with Crippen LogP contribution in [0.15, 0.2) is 40.4 Å². The van der Waals surface area contributed by atoms with Crippen LogP contribution in [0.3, 0.4) is 0 Å². The monoisotopic (exact) mass is 404 g/mol. The third kappa shape index (κ3) is 3.47. The molecule has 30 heavy (non-hydrogen) atoms. The molecule has 0 N–H and O–H groups in total. The molecule has 0 spiro atoms. The van der Waals surface area contributed by atoms with Crippen LogP contribution in [0.2, 0.25) is 0 Å². The molecule has 0 atom stereocenters. The second-order valence-electron chi connectivity index (χ2n) is 6.26. The molecule has 0 amide bonds. The van der Waals surface area contributed by atoms with Gasteiger partial charge in [0.05, 0.1) is 20.8 Å². The van der Waals surface area contributed by atoms with Gasteiger partial charge in [-0.15, -0.1) is 13.0 Å². The molecule has 152 valence electrons. The molecule has 0 unspecified atom stereocenters. The van der Waals surface area contributed by atoms with E-state index in [2.05, 4.69) is 29.3 Å².